The first kappa shape index (κ1) is 15.1. The summed E-state index contributed by atoms with van der Waals surface area (Å²) < 4.78 is 5.82. The zero-order valence-corrected chi connectivity index (χ0v) is 12.0. The molecule has 1 aromatic rings. The highest BCUT2D eigenvalue weighted by atomic mass is 35.5. The minimum Gasteiger partial charge on any atom is -0.508 e. The van der Waals surface area contributed by atoms with Crippen LogP contribution in [0.15, 0.2) is 18.2 Å². The number of halogens is 1. The Balaban J connectivity index is 0.00000162. The minimum atomic E-state index is -0.211. The average Bonchev–Trinajstić information content (AvgIpc) is 2.72. The van der Waals surface area contributed by atoms with E-state index in [1.807, 2.05) is 32.9 Å². The highest BCUT2D eigenvalue weighted by Gasteiger charge is 2.21. The molecule has 0 amide bonds. The van der Waals surface area contributed by atoms with Gasteiger partial charge in [-0.3, -0.25) is 0 Å². The van der Waals surface area contributed by atoms with Crippen LogP contribution in [-0.4, -0.2) is 17.3 Å². The van der Waals surface area contributed by atoms with Crippen molar-refractivity contribution < 1.29 is 9.84 Å². The van der Waals surface area contributed by atoms with Crippen LogP contribution in [0.4, 0.5) is 0 Å². The molecule has 1 heterocycles. The largest absolute Gasteiger partial charge is 0.508 e. The normalized spacial score (nSPS) is 19.4. The Hall–Kier alpha value is -0.930. The number of hydrogen-bond acceptors (Lipinski definition) is 3. The van der Waals surface area contributed by atoms with Gasteiger partial charge in [0, 0.05) is 11.6 Å². The predicted octanol–water partition coefficient (Wildman–Crippen LogP) is 3.42. The van der Waals surface area contributed by atoms with Crippen molar-refractivity contribution in [1.29, 1.82) is 0 Å². The Labute approximate surface area is 115 Å². The van der Waals surface area contributed by atoms with E-state index in [4.69, 9.17) is 4.74 Å². The van der Waals surface area contributed by atoms with Crippen molar-refractivity contribution in [2.45, 2.75) is 45.3 Å². The molecule has 2 rings (SSSR count). The van der Waals surface area contributed by atoms with E-state index >= 15 is 0 Å². The SMILES string of the molecule is CC(C)(C)Oc1ccc(O)c([C@H]2CCCN2)c1.Cl. The van der Waals surface area contributed by atoms with E-state index in [2.05, 4.69) is 5.32 Å². The average molecular weight is 272 g/mol. The summed E-state index contributed by atoms with van der Waals surface area (Å²) in [5.74, 6) is 1.17. The zero-order chi connectivity index (χ0) is 12.5. The summed E-state index contributed by atoms with van der Waals surface area (Å²) in [4.78, 5) is 0. The molecule has 0 aromatic heterocycles. The summed E-state index contributed by atoms with van der Waals surface area (Å²) in [5, 5.41) is 13.3. The molecule has 0 aliphatic carbocycles. The van der Waals surface area contributed by atoms with Crippen molar-refractivity contribution in [1.82, 2.24) is 5.32 Å². The summed E-state index contributed by atoms with van der Waals surface area (Å²) in [6, 6.07) is 5.75. The molecule has 18 heavy (non-hydrogen) atoms. The van der Waals surface area contributed by atoms with E-state index < -0.39 is 0 Å². The highest BCUT2D eigenvalue weighted by molar-refractivity contribution is 5.85. The van der Waals surface area contributed by atoms with Crippen LogP contribution in [0.5, 0.6) is 11.5 Å². The van der Waals surface area contributed by atoms with Gasteiger partial charge in [0.25, 0.3) is 0 Å². The molecular formula is C14H22ClNO2. The van der Waals surface area contributed by atoms with Crippen LogP contribution in [0.3, 0.4) is 0 Å². The van der Waals surface area contributed by atoms with Crippen LogP contribution in [0, 0.1) is 0 Å². The van der Waals surface area contributed by atoms with Gasteiger partial charge in [-0.05, 0) is 58.4 Å². The van der Waals surface area contributed by atoms with E-state index in [1.54, 1.807) is 6.07 Å². The topological polar surface area (TPSA) is 41.5 Å². The van der Waals surface area contributed by atoms with Gasteiger partial charge in [0.15, 0.2) is 0 Å². The third kappa shape index (κ3) is 3.79. The fourth-order valence-electron chi connectivity index (χ4n) is 2.18. The molecule has 0 bridgehead atoms. The fourth-order valence-corrected chi connectivity index (χ4v) is 2.18. The van der Waals surface area contributed by atoms with Crippen LogP contribution in [0.1, 0.15) is 45.2 Å². The number of hydrogen-bond donors (Lipinski definition) is 2. The van der Waals surface area contributed by atoms with Crippen molar-refractivity contribution >= 4 is 12.4 Å². The standard InChI is InChI=1S/C14H21NO2.ClH/c1-14(2,3)17-10-6-7-13(16)11(9-10)12-5-4-8-15-12;/h6-7,9,12,15-16H,4-5,8H2,1-3H3;1H/t12-;/m1./s1. The first-order valence-electron chi connectivity index (χ1n) is 6.21. The Morgan fingerprint density at radius 3 is 2.61 bits per heavy atom. The lowest BCUT2D eigenvalue weighted by Crippen LogP contribution is -2.23. The molecular weight excluding hydrogens is 250 g/mol. The maximum absolute atomic E-state index is 9.90. The van der Waals surface area contributed by atoms with Gasteiger partial charge in [0.1, 0.15) is 17.1 Å². The lowest BCUT2D eigenvalue weighted by molar-refractivity contribution is 0.130. The fraction of sp³-hybridized carbons (Fsp3) is 0.571. The van der Waals surface area contributed by atoms with Crippen LogP contribution in [0.2, 0.25) is 0 Å². The van der Waals surface area contributed by atoms with Crippen LogP contribution in [0.25, 0.3) is 0 Å². The number of phenols is 1. The number of ether oxygens (including phenoxy) is 1. The van der Waals surface area contributed by atoms with Crippen molar-refractivity contribution in [3.8, 4) is 11.5 Å². The van der Waals surface area contributed by atoms with E-state index in [0.717, 1.165) is 30.7 Å². The summed E-state index contributed by atoms with van der Waals surface area (Å²) in [6.45, 7) is 7.09. The van der Waals surface area contributed by atoms with Gasteiger partial charge in [0.2, 0.25) is 0 Å². The first-order chi connectivity index (χ1) is 7.96. The molecule has 1 aromatic carbocycles. The third-order valence-corrected chi connectivity index (χ3v) is 2.86. The van der Waals surface area contributed by atoms with Gasteiger partial charge in [0.05, 0.1) is 0 Å². The van der Waals surface area contributed by atoms with Gasteiger partial charge in [-0.1, -0.05) is 0 Å². The molecule has 0 spiro atoms. The summed E-state index contributed by atoms with van der Waals surface area (Å²) in [5.41, 5.74) is 0.737. The second-order valence-electron chi connectivity index (χ2n) is 5.58. The molecule has 4 heteroatoms. The van der Waals surface area contributed by atoms with Crippen LogP contribution >= 0.6 is 12.4 Å². The molecule has 1 atom stereocenters. The van der Waals surface area contributed by atoms with Gasteiger partial charge >= 0.3 is 0 Å². The zero-order valence-electron chi connectivity index (χ0n) is 11.2. The molecule has 0 saturated carbocycles. The van der Waals surface area contributed by atoms with Crippen LogP contribution < -0.4 is 10.1 Å². The maximum Gasteiger partial charge on any atom is 0.120 e. The van der Waals surface area contributed by atoms with Crippen LogP contribution in [-0.2, 0) is 0 Å². The lowest BCUT2D eigenvalue weighted by Gasteiger charge is -2.22. The first-order valence-corrected chi connectivity index (χ1v) is 6.21. The Kier molecular flexibility index (Phi) is 4.88. The number of aromatic hydroxyl groups is 1. The monoisotopic (exact) mass is 271 g/mol. The quantitative estimate of drug-likeness (QED) is 0.866. The summed E-state index contributed by atoms with van der Waals surface area (Å²) >= 11 is 0. The number of nitrogens with one attached hydrogen (secondary N) is 1. The maximum atomic E-state index is 9.90. The van der Waals surface area contributed by atoms with E-state index in [1.165, 1.54) is 0 Å². The molecule has 1 aliphatic rings. The van der Waals surface area contributed by atoms with Crippen molar-refractivity contribution in [3.63, 3.8) is 0 Å². The molecule has 0 radical (unpaired) electrons. The molecule has 1 fully saturated rings. The second-order valence-corrected chi connectivity index (χ2v) is 5.58. The molecule has 3 nitrogen and oxygen atoms in total. The van der Waals surface area contributed by atoms with Gasteiger partial charge < -0.3 is 15.2 Å². The Morgan fingerprint density at radius 1 is 1.33 bits per heavy atom. The van der Waals surface area contributed by atoms with Gasteiger partial charge in [-0.15, -0.1) is 12.4 Å². The number of benzene rings is 1. The number of rotatable bonds is 2. The summed E-state index contributed by atoms with van der Waals surface area (Å²) in [6.07, 6.45) is 2.24. The third-order valence-electron chi connectivity index (χ3n) is 2.86. The predicted molar refractivity (Wildman–Crippen MR) is 75.7 cm³/mol. The van der Waals surface area contributed by atoms with Crippen molar-refractivity contribution in [2.75, 3.05) is 6.54 Å². The Morgan fingerprint density at radius 2 is 2.06 bits per heavy atom. The van der Waals surface area contributed by atoms with Crippen molar-refractivity contribution in [2.24, 2.45) is 0 Å². The van der Waals surface area contributed by atoms with E-state index in [9.17, 15) is 5.11 Å². The van der Waals surface area contributed by atoms with E-state index in [0.29, 0.717) is 5.75 Å². The molecule has 102 valence electrons. The van der Waals surface area contributed by atoms with Crippen molar-refractivity contribution in [3.05, 3.63) is 23.8 Å². The lowest BCUT2D eigenvalue weighted by atomic mass is 10.0. The minimum absolute atomic E-state index is 0. The number of phenolic OH excluding ortho intramolecular Hbond substituents is 1. The van der Waals surface area contributed by atoms with Gasteiger partial charge in [-0.2, -0.15) is 0 Å². The molecule has 0 unspecified atom stereocenters. The molecule has 1 aliphatic heterocycles. The summed E-state index contributed by atoms with van der Waals surface area (Å²) in [7, 11) is 0. The molecule has 1 saturated heterocycles. The highest BCUT2D eigenvalue weighted by Crippen LogP contribution is 2.33. The van der Waals surface area contributed by atoms with E-state index in [-0.39, 0.29) is 24.0 Å². The second kappa shape index (κ2) is 5.81. The van der Waals surface area contributed by atoms with Gasteiger partial charge in [-0.25, -0.2) is 0 Å². The molecule has 2 N–H and O–H groups in total. The Bertz CT molecular complexity index is 395. The smallest absolute Gasteiger partial charge is 0.120 e.